The average Bonchev–Trinajstić information content (AvgIpc) is 2.91. The molecule has 1 fully saturated rings. The SMILES string of the molecule is N[C@@H](Cc1c[nH]c2ccccc12)C(=O)N[C@H]1CCCNC1. The number of amides is 1. The van der Waals surface area contributed by atoms with Gasteiger partial charge in [-0.3, -0.25) is 4.79 Å². The normalized spacial score (nSPS) is 20.3. The topological polar surface area (TPSA) is 82.9 Å². The van der Waals surface area contributed by atoms with Gasteiger partial charge in [0.05, 0.1) is 6.04 Å². The number of para-hydroxylation sites is 1. The van der Waals surface area contributed by atoms with Crippen LogP contribution < -0.4 is 16.4 Å². The minimum atomic E-state index is -0.508. The Morgan fingerprint density at radius 3 is 3.10 bits per heavy atom. The molecule has 1 aliphatic heterocycles. The molecule has 5 N–H and O–H groups in total. The molecule has 5 nitrogen and oxygen atoms in total. The molecule has 5 heteroatoms. The van der Waals surface area contributed by atoms with Crippen molar-refractivity contribution in [3.05, 3.63) is 36.0 Å². The van der Waals surface area contributed by atoms with Crippen LogP contribution in [-0.4, -0.2) is 36.1 Å². The van der Waals surface area contributed by atoms with E-state index in [0.29, 0.717) is 6.42 Å². The summed E-state index contributed by atoms with van der Waals surface area (Å²) in [4.78, 5) is 15.4. The molecule has 0 saturated carbocycles. The van der Waals surface area contributed by atoms with E-state index >= 15 is 0 Å². The van der Waals surface area contributed by atoms with Crippen LogP contribution in [0.3, 0.4) is 0 Å². The lowest BCUT2D eigenvalue weighted by Crippen LogP contribution is -2.51. The summed E-state index contributed by atoms with van der Waals surface area (Å²) in [5.41, 5.74) is 8.24. The van der Waals surface area contributed by atoms with E-state index in [1.807, 2.05) is 24.4 Å². The summed E-state index contributed by atoms with van der Waals surface area (Å²) in [7, 11) is 0. The number of carbonyl (C=O) groups excluding carboxylic acids is 1. The van der Waals surface area contributed by atoms with Crippen molar-refractivity contribution in [2.45, 2.75) is 31.3 Å². The van der Waals surface area contributed by atoms with Crippen molar-refractivity contribution in [1.29, 1.82) is 0 Å². The van der Waals surface area contributed by atoms with Gasteiger partial charge in [-0.05, 0) is 37.4 Å². The number of benzene rings is 1. The van der Waals surface area contributed by atoms with Gasteiger partial charge < -0.3 is 21.4 Å². The molecule has 0 bridgehead atoms. The molecule has 1 aliphatic rings. The Morgan fingerprint density at radius 1 is 1.43 bits per heavy atom. The number of fused-ring (bicyclic) bond motifs is 1. The molecule has 0 unspecified atom stereocenters. The molecule has 2 atom stereocenters. The minimum Gasteiger partial charge on any atom is -0.361 e. The number of hydrogen-bond acceptors (Lipinski definition) is 3. The molecule has 1 amide bonds. The molecule has 0 spiro atoms. The molecule has 112 valence electrons. The number of aromatic nitrogens is 1. The zero-order valence-electron chi connectivity index (χ0n) is 12.1. The van der Waals surface area contributed by atoms with Gasteiger partial charge in [-0.15, -0.1) is 0 Å². The maximum atomic E-state index is 12.2. The van der Waals surface area contributed by atoms with Crippen LogP contribution in [0.25, 0.3) is 10.9 Å². The summed E-state index contributed by atoms with van der Waals surface area (Å²) >= 11 is 0. The van der Waals surface area contributed by atoms with Crippen LogP contribution in [0.1, 0.15) is 18.4 Å². The highest BCUT2D eigenvalue weighted by Gasteiger charge is 2.20. The maximum absolute atomic E-state index is 12.2. The third kappa shape index (κ3) is 3.25. The average molecular weight is 286 g/mol. The summed E-state index contributed by atoms with van der Waals surface area (Å²) in [6.45, 7) is 1.87. The number of nitrogens with two attached hydrogens (primary N) is 1. The van der Waals surface area contributed by atoms with E-state index in [0.717, 1.165) is 42.4 Å². The maximum Gasteiger partial charge on any atom is 0.237 e. The molecule has 3 rings (SSSR count). The second-order valence-corrected chi connectivity index (χ2v) is 5.72. The number of rotatable bonds is 4. The Morgan fingerprint density at radius 2 is 2.29 bits per heavy atom. The van der Waals surface area contributed by atoms with E-state index in [1.165, 1.54) is 0 Å². The molecule has 0 radical (unpaired) electrons. The number of aromatic amines is 1. The number of H-pyrrole nitrogens is 1. The zero-order chi connectivity index (χ0) is 14.7. The number of hydrogen-bond donors (Lipinski definition) is 4. The van der Waals surface area contributed by atoms with E-state index in [1.54, 1.807) is 0 Å². The van der Waals surface area contributed by atoms with Gasteiger partial charge in [-0.25, -0.2) is 0 Å². The van der Waals surface area contributed by atoms with Crippen molar-refractivity contribution in [3.8, 4) is 0 Å². The molecule has 2 aromatic rings. The van der Waals surface area contributed by atoms with Crippen molar-refractivity contribution in [3.63, 3.8) is 0 Å². The largest absolute Gasteiger partial charge is 0.361 e. The monoisotopic (exact) mass is 286 g/mol. The summed E-state index contributed by atoms with van der Waals surface area (Å²) in [6.07, 6.45) is 4.62. The van der Waals surface area contributed by atoms with Gasteiger partial charge in [0, 0.05) is 29.7 Å². The summed E-state index contributed by atoms with van der Waals surface area (Å²) < 4.78 is 0. The fourth-order valence-electron chi connectivity index (χ4n) is 2.91. The van der Waals surface area contributed by atoms with E-state index in [2.05, 4.69) is 21.7 Å². The fraction of sp³-hybridized carbons (Fsp3) is 0.438. The second kappa shape index (κ2) is 6.28. The molecule has 1 aromatic carbocycles. The highest BCUT2D eigenvalue weighted by atomic mass is 16.2. The first kappa shape index (κ1) is 14.1. The van der Waals surface area contributed by atoms with Gasteiger partial charge in [-0.1, -0.05) is 18.2 Å². The summed E-state index contributed by atoms with van der Waals surface area (Å²) in [6, 6.07) is 7.77. The first-order valence-electron chi connectivity index (χ1n) is 7.55. The Labute approximate surface area is 124 Å². The highest BCUT2D eigenvalue weighted by Crippen LogP contribution is 2.18. The van der Waals surface area contributed by atoms with Crippen molar-refractivity contribution < 1.29 is 4.79 Å². The molecular weight excluding hydrogens is 264 g/mol. The Balaban J connectivity index is 1.62. The van der Waals surface area contributed by atoms with Gasteiger partial charge in [0.2, 0.25) is 5.91 Å². The van der Waals surface area contributed by atoms with Gasteiger partial charge >= 0.3 is 0 Å². The fourth-order valence-corrected chi connectivity index (χ4v) is 2.91. The molecular formula is C16H22N4O. The molecule has 1 aromatic heterocycles. The molecule has 1 saturated heterocycles. The Bertz CT molecular complexity index is 616. The standard InChI is InChI=1S/C16H22N4O/c17-14(16(21)20-12-4-3-7-18-10-12)8-11-9-19-15-6-2-1-5-13(11)15/h1-2,5-6,9,12,14,18-19H,3-4,7-8,10,17H2,(H,20,21)/t12-,14-/m0/s1. The lowest BCUT2D eigenvalue weighted by atomic mass is 10.0. The quantitative estimate of drug-likeness (QED) is 0.674. The summed E-state index contributed by atoms with van der Waals surface area (Å²) in [5.74, 6) is -0.0611. The van der Waals surface area contributed by atoms with Crippen LogP contribution in [0.2, 0.25) is 0 Å². The zero-order valence-corrected chi connectivity index (χ0v) is 12.1. The van der Waals surface area contributed by atoms with Gasteiger partial charge in [0.15, 0.2) is 0 Å². The number of carbonyl (C=O) groups is 1. The van der Waals surface area contributed by atoms with Crippen LogP contribution in [0, 0.1) is 0 Å². The first-order chi connectivity index (χ1) is 10.2. The van der Waals surface area contributed by atoms with Gasteiger partial charge in [0.25, 0.3) is 0 Å². The molecule has 21 heavy (non-hydrogen) atoms. The summed E-state index contributed by atoms with van der Waals surface area (Å²) in [5, 5.41) is 7.47. The first-order valence-corrected chi connectivity index (χ1v) is 7.55. The van der Waals surface area contributed by atoms with Crippen molar-refractivity contribution in [1.82, 2.24) is 15.6 Å². The van der Waals surface area contributed by atoms with Crippen LogP contribution in [0.15, 0.2) is 30.5 Å². The number of piperidine rings is 1. The minimum absolute atomic E-state index is 0.0611. The van der Waals surface area contributed by atoms with Gasteiger partial charge in [-0.2, -0.15) is 0 Å². The van der Waals surface area contributed by atoms with Crippen LogP contribution in [0.4, 0.5) is 0 Å². The Hall–Kier alpha value is -1.85. The van der Waals surface area contributed by atoms with E-state index in [9.17, 15) is 4.79 Å². The third-order valence-corrected chi connectivity index (χ3v) is 4.09. The highest BCUT2D eigenvalue weighted by molar-refractivity contribution is 5.86. The smallest absolute Gasteiger partial charge is 0.237 e. The second-order valence-electron chi connectivity index (χ2n) is 5.72. The molecule has 2 heterocycles. The lowest BCUT2D eigenvalue weighted by Gasteiger charge is -2.25. The van der Waals surface area contributed by atoms with E-state index in [4.69, 9.17) is 5.73 Å². The van der Waals surface area contributed by atoms with Crippen molar-refractivity contribution in [2.24, 2.45) is 5.73 Å². The lowest BCUT2D eigenvalue weighted by molar-refractivity contribution is -0.123. The van der Waals surface area contributed by atoms with Gasteiger partial charge in [0.1, 0.15) is 0 Å². The van der Waals surface area contributed by atoms with Crippen molar-refractivity contribution >= 4 is 16.8 Å². The van der Waals surface area contributed by atoms with Crippen LogP contribution in [-0.2, 0) is 11.2 Å². The predicted molar refractivity (Wildman–Crippen MR) is 84.0 cm³/mol. The number of nitrogens with one attached hydrogen (secondary N) is 3. The van der Waals surface area contributed by atoms with E-state index in [-0.39, 0.29) is 11.9 Å². The van der Waals surface area contributed by atoms with Crippen LogP contribution >= 0.6 is 0 Å². The van der Waals surface area contributed by atoms with E-state index < -0.39 is 6.04 Å². The van der Waals surface area contributed by atoms with Crippen LogP contribution in [0.5, 0.6) is 0 Å². The van der Waals surface area contributed by atoms with Crippen molar-refractivity contribution in [2.75, 3.05) is 13.1 Å². The predicted octanol–water partition coefficient (Wildman–Crippen LogP) is 0.906. The third-order valence-electron chi connectivity index (χ3n) is 4.09. The Kier molecular flexibility index (Phi) is 4.22. The molecule has 0 aliphatic carbocycles.